The second-order valence-corrected chi connectivity index (χ2v) is 6.13. The van der Waals surface area contributed by atoms with Gasteiger partial charge in [0.05, 0.1) is 17.3 Å². The van der Waals surface area contributed by atoms with Crippen molar-refractivity contribution >= 4 is 11.0 Å². The Balaban J connectivity index is 2.15. The van der Waals surface area contributed by atoms with Gasteiger partial charge in [-0.3, -0.25) is 4.79 Å². The Bertz CT molecular complexity index is 1020. The molecule has 0 radical (unpaired) electrons. The van der Waals surface area contributed by atoms with Gasteiger partial charge >= 0.3 is 6.18 Å². The summed E-state index contributed by atoms with van der Waals surface area (Å²) in [7, 11) is 0. The lowest BCUT2D eigenvalue weighted by Gasteiger charge is -2.17. The van der Waals surface area contributed by atoms with Crippen molar-refractivity contribution in [3.05, 3.63) is 56.8 Å². The van der Waals surface area contributed by atoms with Gasteiger partial charge in [-0.25, -0.2) is 9.67 Å². The van der Waals surface area contributed by atoms with E-state index in [-0.39, 0.29) is 11.6 Å². The molecule has 0 fully saturated rings. The van der Waals surface area contributed by atoms with Gasteiger partial charge in [0.2, 0.25) is 0 Å². The van der Waals surface area contributed by atoms with Crippen LogP contribution in [0, 0.1) is 20.8 Å². The van der Waals surface area contributed by atoms with Crippen LogP contribution in [0.4, 0.5) is 13.2 Å². The highest BCUT2D eigenvalue weighted by Crippen LogP contribution is 2.32. The van der Waals surface area contributed by atoms with Gasteiger partial charge in [-0.1, -0.05) is 6.07 Å². The first-order chi connectivity index (χ1) is 11.6. The summed E-state index contributed by atoms with van der Waals surface area (Å²) in [6.07, 6.45) is -4.38. The quantitative estimate of drug-likeness (QED) is 0.767. The maximum Gasteiger partial charge on any atom is 0.416 e. The average molecular weight is 350 g/mol. The molecule has 1 aromatic carbocycles. The monoisotopic (exact) mass is 350 g/mol. The number of hydrogen-bond acceptors (Lipinski definition) is 3. The molecule has 0 bridgehead atoms. The third-order valence-corrected chi connectivity index (χ3v) is 4.27. The fourth-order valence-corrected chi connectivity index (χ4v) is 3.04. The van der Waals surface area contributed by atoms with E-state index in [4.69, 9.17) is 0 Å². The summed E-state index contributed by atoms with van der Waals surface area (Å²) in [5.41, 5.74) is 1.18. The summed E-state index contributed by atoms with van der Waals surface area (Å²) in [6.45, 7) is 6.82. The van der Waals surface area contributed by atoms with E-state index in [1.54, 1.807) is 25.5 Å². The van der Waals surface area contributed by atoms with Crippen LogP contribution in [0.5, 0.6) is 0 Å². The van der Waals surface area contributed by atoms with Gasteiger partial charge in [0.25, 0.3) is 5.56 Å². The van der Waals surface area contributed by atoms with Crippen LogP contribution >= 0.6 is 0 Å². The summed E-state index contributed by atoms with van der Waals surface area (Å²) in [5.74, 6) is 0.454. The molecule has 3 aromatic rings. The van der Waals surface area contributed by atoms with Gasteiger partial charge in [-0.15, -0.1) is 0 Å². The van der Waals surface area contributed by atoms with E-state index in [9.17, 15) is 18.0 Å². The number of benzene rings is 1. The highest BCUT2D eigenvalue weighted by molar-refractivity contribution is 5.77. The minimum Gasteiger partial charge on any atom is -0.310 e. The Morgan fingerprint density at radius 2 is 1.88 bits per heavy atom. The van der Waals surface area contributed by atoms with Crippen LogP contribution in [-0.4, -0.2) is 19.7 Å². The van der Waals surface area contributed by atoms with Crippen molar-refractivity contribution in [1.29, 1.82) is 0 Å². The topological polar surface area (TPSA) is 63.6 Å². The molecule has 8 heteroatoms. The maximum absolute atomic E-state index is 12.9. The average Bonchev–Trinajstić information content (AvgIpc) is 2.82. The van der Waals surface area contributed by atoms with Gasteiger partial charge in [0, 0.05) is 0 Å². The van der Waals surface area contributed by atoms with E-state index >= 15 is 0 Å². The molecule has 0 amide bonds. The van der Waals surface area contributed by atoms with Crippen molar-refractivity contribution in [1.82, 2.24) is 19.7 Å². The molecular formula is C17H17F3N4O. The van der Waals surface area contributed by atoms with Crippen molar-refractivity contribution < 1.29 is 13.2 Å². The van der Waals surface area contributed by atoms with Gasteiger partial charge < -0.3 is 4.98 Å². The molecule has 3 rings (SSSR count). The van der Waals surface area contributed by atoms with Gasteiger partial charge in [0.15, 0.2) is 5.65 Å². The molecule has 5 nitrogen and oxygen atoms in total. The zero-order valence-electron chi connectivity index (χ0n) is 14.2. The lowest BCUT2D eigenvalue weighted by atomic mass is 9.99. The molecule has 1 atom stereocenters. The number of aryl methyl sites for hydroxylation is 3. The predicted octanol–water partition coefficient (Wildman–Crippen LogP) is 3.67. The van der Waals surface area contributed by atoms with Crippen molar-refractivity contribution in [2.45, 2.75) is 39.9 Å². The molecule has 0 aliphatic rings. The third-order valence-electron chi connectivity index (χ3n) is 4.27. The van der Waals surface area contributed by atoms with Crippen LogP contribution in [0.25, 0.3) is 11.0 Å². The number of alkyl halides is 3. The molecular weight excluding hydrogens is 333 g/mol. The smallest absolute Gasteiger partial charge is 0.310 e. The Labute approximate surface area is 141 Å². The normalized spacial score (nSPS) is 13.4. The van der Waals surface area contributed by atoms with E-state index in [0.717, 1.165) is 12.1 Å². The van der Waals surface area contributed by atoms with Crippen LogP contribution in [0.2, 0.25) is 0 Å². The minimum absolute atomic E-state index is 0.275. The van der Waals surface area contributed by atoms with E-state index in [0.29, 0.717) is 33.7 Å². The van der Waals surface area contributed by atoms with E-state index < -0.39 is 11.7 Å². The molecule has 0 aliphatic heterocycles. The fraction of sp³-hybridized carbons (Fsp3) is 0.353. The molecule has 2 heterocycles. The molecule has 0 aliphatic carbocycles. The number of fused-ring (bicyclic) bond motifs is 1. The number of H-pyrrole nitrogens is 1. The summed E-state index contributed by atoms with van der Waals surface area (Å²) >= 11 is 0. The van der Waals surface area contributed by atoms with Crippen molar-refractivity contribution in [2.75, 3.05) is 0 Å². The highest BCUT2D eigenvalue weighted by Gasteiger charge is 2.31. The molecule has 1 unspecified atom stereocenters. The maximum atomic E-state index is 12.9. The first-order valence-corrected chi connectivity index (χ1v) is 7.73. The number of hydrogen-bond donors (Lipinski definition) is 1. The largest absolute Gasteiger partial charge is 0.416 e. The SMILES string of the molecule is Cc1nc2c(c(C)nn2C(C)c2ccc(C(F)(F)F)cc2C)c(=O)[nH]1. The number of aromatic nitrogens is 4. The number of nitrogens with zero attached hydrogens (tertiary/aromatic N) is 3. The van der Waals surface area contributed by atoms with Crippen LogP contribution in [0.1, 0.15) is 41.2 Å². The van der Waals surface area contributed by atoms with Crippen LogP contribution in [0.3, 0.4) is 0 Å². The van der Waals surface area contributed by atoms with E-state index in [1.807, 2.05) is 6.92 Å². The molecule has 0 spiro atoms. The Hall–Kier alpha value is -2.64. The number of rotatable bonds is 2. The highest BCUT2D eigenvalue weighted by atomic mass is 19.4. The van der Waals surface area contributed by atoms with Crippen molar-refractivity contribution in [3.8, 4) is 0 Å². The van der Waals surface area contributed by atoms with Crippen molar-refractivity contribution in [3.63, 3.8) is 0 Å². The first kappa shape index (κ1) is 17.2. The lowest BCUT2D eigenvalue weighted by molar-refractivity contribution is -0.137. The number of halogens is 3. The lowest BCUT2D eigenvalue weighted by Crippen LogP contribution is -2.14. The van der Waals surface area contributed by atoms with Crippen LogP contribution in [0.15, 0.2) is 23.0 Å². The van der Waals surface area contributed by atoms with Crippen LogP contribution in [-0.2, 0) is 6.18 Å². The molecule has 2 aromatic heterocycles. The van der Waals surface area contributed by atoms with Crippen LogP contribution < -0.4 is 5.56 Å². The summed E-state index contributed by atoms with van der Waals surface area (Å²) in [6, 6.07) is 3.26. The zero-order chi connectivity index (χ0) is 18.5. The third kappa shape index (κ3) is 2.92. The molecule has 0 saturated heterocycles. The fourth-order valence-electron chi connectivity index (χ4n) is 3.04. The Morgan fingerprint density at radius 1 is 1.20 bits per heavy atom. The zero-order valence-corrected chi connectivity index (χ0v) is 14.2. The second kappa shape index (κ2) is 5.72. The van der Waals surface area contributed by atoms with Gasteiger partial charge in [0.1, 0.15) is 11.2 Å². The Morgan fingerprint density at radius 3 is 2.48 bits per heavy atom. The molecule has 25 heavy (non-hydrogen) atoms. The number of aromatic amines is 1. The van der Waals surface area contributed by atoms with Crippen molar-refractivity contribution in [2.24, 2.45) is 0 Å². The summed E-state index contributed by atoms with van der Waals surface area (Å²) in [4.78, 5) is 19.1. The predicted molar refractivity (Wildman–Crippen MR) is 87.6 cm³/mol. The molecule has 132 valence electrons. The number of nitrogens with one attached hydrogen (secondary N) is 1. The Kier molecular flexibility index (Phi) is 3.93. The van der Waals surface area contributed by atoms with Gasteiger partial charge in [-0.2, -0.15) is 18.3 Å². The minimum atomic E-state index is -4.38. The van der Waals surface area contributed by atoms with E-state index in [2.05, 4.69) is 15.1 Å². The van der Waals surface area contributed by atoms with Gasteiger partial charge in [-0.05, 0) is 51.0 Å². The summed E-state index contributed by atoms with van der Waals surface area (Å²) < 4.78 is 40.2. The summed E-state index contributed by atoms with van der Waals surface area (Å²) in [5, 5.41) is 4.78. The molecule has 1 N–H and O–H groups in total. The standard InChI is InChI=1S/C17H17F3N4O/c1-8-7-12(17(18,19)20)5-6-13(8)10(3)24-15-14(9(2)23-24)16(25)22-11(4)21-15/h5-7,10H,1-4H3,(H,21,22,25). The first-order valence-electron chi connectivity index (χ1n) is 7.73. The second-order valence-electron chi connectivity index (χ2n) is 6.13. The van der Waals surface area contributed by atoms with E-state index in [1.165, 1.54) is 6.07 Å². The molecule has 0 saturated carbocycles.